The first kappa shape index (κ1) is 12.9. The molecule has 0 bridgehead atoms. The largest absolute Gasteiger partial charge is 0.395 e. The molecule has 0 fully saturated rings. The SMILES string of the molecule is OCCC#Cc1ccc(-c2ccc(Br)cc2)cc1. The summed E-state index contributed by atoms with van der Waals surface area (Å²) in [7, 11) is 0. The molecule has 18 heavy (non-hydrogen) atoms. The van der Waals surface area contributed by atoms with E-state index in [4.69, 9.17) is 5.11 Å². The Bertz CT molecular complexity index is 559. The topological polar surface area (TPSA) is 20.2 Å². The monoisotopic (exact) mass is 300 g/mol. The number of halogens is 1. The molecule has 0 aromatic heterocycles. The highest BCUT2D eigenvalue weighted by atomic mass is 79.9. The van der Waals surface area contributed by atoms with Crippen LogP contribution < -0.4 is 0 Å². The van der Waals surface area contributed by atoms with Crippen molar-refractivity contribution in [3.8, 4) is 23.0 Å². The highest BCUT2D eigenvalue weighted by Crippen LogP contribution is 2.21. The van der Waals surface area contributed by atoms with Gasteiger partial charge in [-0.25, -0.2) is 0 Å². The molecule has 90 valence electrons. The van der Waals surface area contributed by atoms with Crippen LogP contribution in [0.1, 0.15) is 12.0 Å². The van der Waals surface area contributed by atoms with Crippen molar-refractivity contribution in [3.63, 3.8) is 0 Å². The molecule has 0 aliphatic carbocycles. The fourth-order valence-corrected chi connectivity index (χ4v) is 1.87. The predicted molar refractivity (Wildman–Crippen MR) is 78.2 cm³/mol. The lowest BCUT2D eigenvalue weighted by molar-refractivity contribution is 0.305. The molecular weight excluding hydrogens is 288 g/mol. The lowest BCUT2D eigenvalue weighted by Crippen LogP contribution is -1.80. The minimum absolute atomic E-state index is 0.115. The molecule has 0 radical (unpaired) electrons. The van der Waals surface area contributed by atoms with Crippen molar-refractivity contribution in [2.75, 3.05) is 6.61 Å². The Labute approximate surface area is 116 Å². The Kier molecular flexibility index (Phi) is 4.58. The minimum atomic E-state index is 0.115. The van der Waals surface area contributed by atoms with E-state index in [2.05, 4.69) is 52.0 Å². The van der Waals surface area contributed by atoms with Gasteiger partial charge in [0.1, 0.15) is 0 Å². The number of hydrogen-bond donors (Lipinski definition) is 1. The Morgan fingerprint density at radius 2 is 1.44 bits per heavy atom. The quantitative estimate of drug-likeness (QED) is 0.835. The molecule has 2 aromatic rings. The van der Waals surface area contributed by atoms with Gasteiger partial charge in [-0.2, -0.15) is 0 Å². The normalized spacial score (nSPS) is 9.67. The van der Waals surface area contributed by atoms with Gasteiger partial charge >= 0.3 is 0 Å². The van der Waals surface area contributed by atoms with Crippen LogP contribution in [0.5, 0.6) is 0 Å². The van der Waals surface area contributed by atoms with Crippen LogP contribution in [0.4, 0.5) is 0 Å². The maximum Gasteiger partial charge on any atom is 0.0540 e. The van der Waals surface area contributed by atoms with Gasteiger partial charge in [0, 0.05) is 16.5 Å². The van der Waals surface area contributed by atoms with Crippen LogP contribution in [-0.2, 0) is 0 Å². The fourth-order valence-electron chi connectivity index (χ4n) is 1.61. The summed E-state index contributed by atoms with van der Waals surface area (Å²) < 4.78 is 1.08. The zero-order valence-electron chi connectivity index (χ0n) is 9.86. The van der Waals surface area contributed by atoms with E-state index in [1.807, 2.05) is 24.3 Å². The van der Waals surface area contributed by atoms with Gasteiger partial charge in [-0.3, -0.25) is 0 Å². The van der Waals surface area contributed by atoms with Gasteiger partial charge in [-0.15, -0.1) is 0 Å². The smallest absolute Gasteiger partial charge is 0.0540 e. The van der Waals surface area contributed by atoms with E-state index in [0.717, 1.165) is 10.0 Å². The Balaban J connectivity index is 2.18. The number of aliphatic hydroxyl groups is 1. The van der Waals surface area contributed by atoms with E-state index in [1.54, 1.807) is 0 Å². The van der Waals surface area contributed by atoms with Crippen LogP contribution in [-0.4, -0.2) is 11.7 Å². The standard InChI is InChI=1S/C16H13BrO/c17-16-10-8-15(9-11-16)14-6-4-13(5-7-14)3-1-2-12-18/h4-11,18H,2,12H2. The number of hydrogen-bond acceptors (Lipinski definition) is 1. The van der Waals surface area contributed by atoms with E-state index >= 15 is 0 Å². The zero-order chi connectivity index (χ0) is 12.8. The van der Waals surface area contributed by atoms with Gasteiger partial charge in [0.05, 0.1) is 6.61 Å². The molecule has 0 saturated carbocycles. The summed E-state index contributed by atoms with van der Waals surface area (Å²) >= 11 is 3.43. The Morgan fingerprint density at radius 1 is 0.889 bits per heavy atom. The molecule has 2 aromatic carbocycles. The molecule has 0 amide bonds. The third-order valence-corrected chi connectivity index (χ3v) is 3.06. The van der Waals surface area contributed by atoms with Gasteiger partial charge in [0.15, 0.2) is 0 Å². The highest BCUT2D eigenvalue weighted by Gasteiger charge is 1.96. The van der Waals surface area contributed by atoms with Crippen molar-refractivity contribution in [3.05, 3.63) is 58.6 Å². The minimum Gasteiger partial charge on any atom is -0.395 e. The second-order valence-corrected chi connectivity index (χ2v) is 4.78. The summed E-state index contributed by atoms with van der Waals surface area (Å²) in [4.78, 5) is 0. The van der Waals surface area contributed by atoms with Crippen LogP contribution in [0, 0.1) is 11.8 Å². The number of aliphatic hydroxyl groups excluding tert-OH is 1. The molecule has 0 unspecified atom stereocenters. The van der Waals surface area contributed by atoms with Crippen molar-refractivity contribution in [1.82, 2.24) is 0 Å². The van der Waals surface area contributed by atoms with E-state index in [1.165, 1.54) is 11.1 Å². The molecule has 1 nitrogen and oxygen atoms in total. The summed E-state index contributed by atoms with van der Waals surface area (Å²) in [6.07, 6.45) is 0.522. The molecule has 0 spiro atoms. The van der Waals surface area contributed by atoms with Crippen molar-refractivity contribution in [2.24, 2.45) is 0 Å². The van der Waals surface area contributed by atoms with Crippen molar-refractivity contribution in [2.45, 2.75) is 6.42 Å². The lowest BCUT2D eigenvalue weighted by atomic mass is 10.0. The van der Waals surface area contributed by atoms with Crippen LogP contribution in [0.3, 0.4) is 0 Å². The lowest BCUT2D eigenvalue weighted by Gasteiger charge is -2.01. The predicted octanol–water partition coefficient (Wildman–Crippen LogP) is 3.85. The average molecular weight is 301 g/mol. The first-order valence-corrected chi connectivity index (χ1v) is 6.54. The van der Waals surface area contributed by atoms with Gasteiger partial charge in [-0.1, -0.05) is 52.0 Å². The molecular formula is C16H13BrO. The molecule has 0 atom stereocenters. The van der Waals surface area contributed by atoms with Gasteiger partial charge in [-0.05, 0) is 35.4 Å². The summed E-state index contributed by atoms with van der Waals surface area (Å²) in [5.74, 6) is 5.93. The first-order chi connectivity index (χ1) is 8.79. The van der Waals surface area contributed by atoms with Crippen LogP contribution in [0.2, 0.25) is 0 Å². The molecule has 0 heterocycles. The second-order valence-electron chi connectivity index (χ2n) is 3.86. The van der Waals surface area contributed by atoms with Crippen LogP contribution in [0.15, 0.2) is 53.0 Å². The highest BCUT2D eigenvalue weighted by molar-refractivity contribution is 9.10. The maximum atomic E-state index is 8.65. The first-order valence-electron chi connectivity index (χ1n) is 5.75. The summed E-state index contributed by atoms with van der Waals surface area (Å²) in [6.45, 7) is 0.115. The zero-order valence-corrected chi connectivity index (χ0v) is 11.4. The van der Waals surface area contributed by atoms with Crippen LogP contribution in [0.25, 0.3) is 11.1 Å². The maximum absolute atomic E-state index is 8.65. The molecule has 2 rings (SSSR count). The second kappa shape index (κ2) is 6.39. The fraction of sp³-hybridized carbons (Fsp3) is 0.125. The van der Waals surface area contributed by atoms with E-state index in [0.29, 0.717) is 6.42 Å². The van der Waals surface area contributed by atoms with Crippen molar-refractivity contribution < 1.29 is 5.11 Å². The van der Waals surface area contributed by atoms with Crippen molar-refractivity contribution in [1.29, 1.82) is 0 Å². The summed E-state index contributed by atoms with van der Waals surface area (Å²) in [5, 5.41) is 8.65. The van der Waals surface area contributed by atoms with Gasteiger partial charge in [0.25, 0.3) is 0 Å². The summed E-state index contributed by atoms with van der Waals surface area (Å²) in [6, 6.07) is 16.4. The molecule has 1 N–H and O–H groups in total. The number of rotatable bonds is 2. The Hall–Kier alpha value is -1.56. The Morgan fingerprint density at radius 3 is 2.00 bits per heavy atom. The van der Waals surface area contributed by atoms with E-state index in [9.17, 15) is 0 Å². The number of benzene rings is 2. The van der Waals surface area contributed by atoms with Crippen LogP contribution >= 0.6 is 15.9 Å². The molecule has 0 aliphatic heterocycles. The molecule has 2 heteroatoms. The summed E-state index contributed by atoms with van der Waals surface area (Å²) in [5.41, 5.74) is 3.34. The third-order valence-electron chi connectivity index (χ3n) is 2.53. The average Bonchev–Trinajstić information content (AvgIpc) is 2.41. The third kappa shape index (κ3) is 3.46. The van der Waals surface area contributed by atoms with Gasteiger partial charge < -0.3 is 5.11 Å². The molecule has 0 aliphatic rings. The van der Waals surface area contributed by atoms with E-state index < -0.39 is 0 Å². The van der Waals surface area contributed by atoms with E-state index in [-0.39, 0.29) is 6.61 Å². The molecule has 0 saturated heterocycles. The van der Waals surface area contributed by atoms with Gasteiger partial charge in [0.2, 0.25) is 0 Å². The van der Waals surface area contributed by atoms with Crippen molar-refractivity contribution >= 4 is 15.9 Å².